The van der Waals surface area contributed by atoms with Crippen LogP contribution in [-0.4, -0.2) is 47.4 Å². The summed E-state index contributed by atoms with van der Waals surface area (Å²) in [7, 11) is 0. The molecule has 7 heteroatoms. The number of rotatable bonds is 8. The van der Waals surface area contributed by atoms with E-state index in [9.17, 15) is 9.90 Å². The van der Waals surface area contributed by atoms with Gasteiger partial charge in [0.15, 0.2) is 0 Å². The van der Waals surface area contributed by atoms with E-state index in [4.69, 9.17) is 16.7 Å². The Kier molecular flexibility index (Phi) is 8.30. The largest absolute Gasteiger partial charge is 0.481 e. The highest BCUT2D eigenvalue weighted by Crippen LogP contribution is 2.42. The molecular formula is C23H29Cl2N3O2. The van der Waals surface area contributed by atoms with Gasteiger partial charge in [0.1, 0.15) is 0 Å². The quantitative estimate of drug-likeness (QED) is 0.603. The summed E-state index contributed by atoms with van der Waals surface area (Å²) in [5.41, 5.74) is 2.02. The van der Waals surface area contributed by atoms with Gasteiger partial charge in [-0.2, -0.15) is 5.10 Å². The van der Waals surface area contributed by atoms with E-state index >= 15 is 0 Å². The maximum absolute atomic E-state index is 12.0. The SMILES string of the molecule is CCN(CC)C(C)C1(CC(=O)O)CN(c2ccccc2)N=C1c1ccc(Cl)cc1.Cl. The van der Waals surface area contributed by atoms with Crippen LogP contribution >= 0.6 is 24.0 Å². The first-order chi connectivity index (χ1) is 13.9. The fourth-order valence-corrected chi connectivity index (χ4v) is 4.43. The van der Waals surface area contributed by atoms with Crippen LogP contribution in [0.25, 0.3) is 0 Å². The Morgan fingerprint density at radius 1 is 1.17 bits per heavy atom. The minimum Gasteiger partial charge on any atom is -0.481 e. The molecule has 1 N–H and O–H groups in total. The average Bonchev–Trinajstić information content (AvgIpc) is 3.10. The summed E-state index contributed by atoms with van der Waals surface area (Å²) in [6.07, 6.45) is 0.00938. The molecule has 1 aliphatic rings. The molecule has 2 aromatic carbocycles. The van der Waals surface area contributed by atoms with Crippen molar-refractivity contribution in [2.24, 2.45) is 10.5 Å². The molecule has 2 unspecified atom stereocenters. The van der Waals surface area contributed by atoms with Gasteiger partial charge in [-0.15, -0.1) is 12.4 Å². The van der Waals surface area contributed by atoms with Crippen LogP contribution in [0.1, 0.15) is 32.8 Å². The third-order valence-electron chi connectivity index (χ3n) is 5.92. The molecule has 0 amide bonds. The molecule has 1 heterocycles. The smallest absolute Gasteiger partial charge is 0.304 e. The Hall–Kier alpha value is -2.08. The Labute approximate surface area is 189 Å². The number of carboxylic acids is 1. The third-order valence-corrected chi connectivity index (χ3v) is 6.17. The second kappa shape index (κ2) is 10.3. The van der Waals surface area contributed by atoms with Crippen LogP contribution in [0.4, 0.5) is 5.69 Å². The first kappa shape index (κ1) is 24.2. The minimum atomic E-state index is -0.819. The number of anilines is 1. The van der Waals surface area contributed by atoms with Crippen molar-refractivity contribution in [3.05, 3.63) is 65.2 Å². The standard InChI is InChI=1S/C23H28ClN3O2.ClH/c1-4-26(5-2)17(3)23(15-21(28)29)16-27(20-9-7-6-8-10-20)25-22(23)18-11-13-19(24)14-12-18;/h6-14,17H,4-5,15-16H2,1-3H3,(H,28,29);1H. The molecular weight excluding hydrogens is 421 g/mol. The van der Waals surface area contributed by atoms with Gasteiger partial charge in [0.2, 0.25) is 0 Å². The Balaban J connectivity index is 0.00000320. The van der Waals surface area contributed by atoms with Gasteiger partial charge in [-0.3, -0.25) is 9.80 Å². The molecule has 0 saturated carbocycles. The van der Waals surface area contributed by atoms with E-state index < -0.39 is 11.4 Å². The second-order valence-electron chi connectivity index (χ2n) is 7.47. The molecule has 30 heavy (non-hydrogen) atoms. The summed E-state index contributed by atoms with van der Waals surface area (Å²) in [5.74, 6) is -0.819. The number of aliphatic carboxylic acids is 1. The zero-order chi connectivity index (χ0) is 21.0. The van der Waals surface area contributed by atoms with Crippen LogP contribution < -0.4 is 5.01 Å². The Morgan fingerprint density at radius 3 is 2.30 bits per heavy atom. The van der Waals surface area contributed by atoms with E-state index in [0.29, 0.717) is 11.6 Å². The van der Waals surface area contributed by atoms with Gasteiger partial charge in [0.05, 0.1) is 29.8 Å². The molecule has 1 aliphatic heterocycles. The lowest BCUT2D eigenvalue weighted by Crippen LogP contribution is -2.53. The van der Waals surface area contributed by atoms with Gasteiger partial charge in [-0.1, -0.05) is 55.8 Å². The van der Waals surface area contributed by atoms with Gasteiger partial charge in [0, 0.05) is 11.1 Å². The Morgan fingerprint density at radius 2 is 1.77 bits per heavy atom. The summed E-state index contributed by atoms with van der Waals surface area (Å²) in [6.45, 7) is 8.54. The predicted molar refractivity (Wildman–Crippen MR) is 126 cm³/mol. The van der Waals surface area contributed by atoms with Crippen LogP contribution in [0.5, 0.6) is 0 Å². The van der Waals surface area contributed by atoms with Crippen LogP contribution in [-0.2, 0) is 4.79 Å². The molecule has 0 bridgehead atoms. The molecule has 2 atom stereocenters. The number of hydrogen-bond acceptors (Lipinski definition) is 4. The van der Waals surface area contributed by atoms with Crippen molar-refractivity contribution in [3.63, 3.8) is 0 Å². The minimum absolute atomic E-state index is 0. The lowest BCUT2D eigenvalue weighted by Gasteiger charge is -2.41. The molecule has 162 valence electrons. The lowest BCUT2D eigenvalue weighted by molar-refractivity contribution is -0.139. The summed E-state index contributed by atoms with van der Waals surface area (Å²) in [4.78, 5) is 14.3. The van der Waals surface area contributed by atoms with Crippen LogP contribution in [0.3, 0.4) is 0 Å². The van der Waals surface area contributed by atoms with Crippen molar-refractivity contribution < 1.29 is 9.90 Å². The Bertz CT molecular complexity index is 870. The van der Waals surface area contributed by atoms with E-state index in [2.05, 4.69) is 25.7 Å². The van der Waals surface area contributed by atoms with Crippen LogP contribution in [0, 0.1) is 5.41 Å². The molecule has 0 aliphatic carbocycles. The van der Waals surface area contributed by atoms with Crippen molar-refractivity contribution in [2.45, 2.75) is 33.2 Å². The van der Waals surface area contributed by atoms with Gasteiger partial charge >= 0.3 is 5.97 Å². The van der Waals surface area contributed by atoms with Crippen molar-refractivity contribution in [2.75, 3.05) is 24.6 Å². The fraction of sp³-hybridized carbons (Fsp3) is 0.391. The van der Waals surface area contributed by atoms with Crippen molar-refractivity contribution >= 4 is 41.4 Å². The van der Waals surface area contributed by atoms with Crippen molar-refractivity contribution in [1.82, 2.24) is 4.90 Å². The fourth-order valence-electron chi connectivity index (χ4n) is 4.31. The summed E-state index contributed by atoms with van der Waals surface area (Å²) in [6, 6.07) is 17.4. The number of hydrogen-bond donors (Lipinski definition) is 1. The first-order valence-corrected chi connectivity index (χ1v) is 10.4. The molecule has 0 fully saturated rings. The molecule has 0 radical (unpaired) electrons. The van der Waals surface area contributed by atoms with Gasteiger partial charge in [0.25, 0.3) is 0 Å². The van der Waals surface area contributed by atoms with Gasteiger partial charge in [-0.25, -0.2) is 0 Å². The van der Waals surface area contributed by atoms with E-state index in [0.717, 1.165) is 30.1 Å². The normalized spacial score (nSPS) is 19.4. The third kappa shape index (κ3) is 4.80. The van der Waals surface area contributed by atoms with Crippen molar-refractivity contribution in [3.8, 4) is 0 Å². The van der Waals surface area contributed by atoms with Gasteiger partial charge in [-0.05, 0) is 49.8 Å². The maximum atomic E-state index is 12.0. The highest BCUT2D eigenvalue weighted by molar-refractivity contribution is 6.30. The first-order valence-electron chi connectivity index (χ1n) is 10.0. The lowest BCUT2D eigenvalue weighted by atomic mass is 9.71. The van der Waals surface area contributed by atoms with Crippen LogP contribution in [0.15, 0.2) is 59.7 Å². The summed E-state index contributed by atoms with van der Waals surface area (Å²) >= 11 is 6.10. The predicted octanol–water partition coefficient (Wildman–Crippen LogP) is 5.18. The van der Waals surface area contributed by atoms with E-state index in [1.54, 1.807) is 0 Å². The molecule has 0 aromatic heterocycles. The van der Waals surface area contributed by atoms with E-state index in [1.807, 2.05) is 59.6 Å². The molecule has 0 spiro atoms. The second-order valence-corrected chi connectivity index (χ2v) is 7.91. The van der Waals surface area contributed by atoms with E-state index in [-0.39, 0.29) is 24.9 Å². The monoisotopic (exact) mass is 449 g/mol. The number of benzene rings is 2. The number of halogens is 2. The molecule has 3 rings (SSSR count). The number of carbonyl (C=O) groups is 1. The zero-order valence-electron chi connectivity index (χ0n) is 17.6. The average molecular weight is 450 g/mol. The number of para-hydroxylation sites is 1. The molecule has 0 saturated heterocycles. The summed E-state index contributed by atoms with van der Waals surface area (Å²) < 4.78 is 0. The molecule has 5 nitrogen and oxygen atoms in total. The number of nitrogens with zero attached hydrogens (tertiary/aromatic N) is 3. The highest BCUT2D eigenvalue weighted by Gasteiger charge is 2.50. The number of hydrazone groups is 1. The maximum Gasteiger partial charge on any atom is 0.304 e. The molecule has 2 aromatic rings. The topological polar surface area (TPSA) is 56.1 Å². The van der Waals surface area contributed by atoms with Crippen molar-refractivity contribution in [1.29, 1.82) is 0 Å². The summed E-state index contributed by atoms with van der Waals surface area (Å²) in [5, 5.41) is 17.4. The van der Waals surface area contributed by atoms with Gasteiger partial charge < -0.3 is 10.0 Å². The zero-order valence-corrected chi connectivity index (χ0v) is 19.2. The number of carboxylic acid groups (broad SMARTS) is 1. The van der Waals surface area contributed by atoms with E-state index in [1.165, 1.54) is 0 Å². The van der Waals surface area contributed by atoms with Crippen LogP contribution in [0.2, 0.25) is 5.02 Å². The highest BCUT2D eigenvalue weighted by atomic mass is 35.5.